The summed E-state index contributed by atoms with van der Waals surface area (Å²) in [5.41, 5.74) is 0. The van der Waals surface area contributed by atoms with Gasteiger partial charge in [0.25, 0.3) is 0 Å². The molecule has 0 saturated heterocycles. The number of unbranched alkanes of at least 4 members (excludes halogenated alkanes) is 5. The van der Waals surface area contributed by atoms with Crippen LogP contribution in [0.3, 0.4) is 0 Å². The van der Waals surface area contributed by atoms with Gasteiger partial charge in [0, 0.05) is 0 Å². The molecule has 1 aliphatic carbocycles. The van der Waals surface area contributed by atoms with Crippen molar-refractivity contribution in [3.63, 3.8) is 0 Å². The van der Waals surface area contributed by atoms with Crippen molar-refractivity contribution < 1.29 is 14.3 Å². The number of carbonyl (C=O) groups excluding carboxylic acids is 1. The van der Waals surface area contributed by atoms with Crippen LogP contribution in [0.15, 0.2) is 12.1 Å². The molecule has 1 heterocycles. The maximum atomic E-state index is 11.8. The van der Waals surface area contributed by atoms with E-state index in [1.807, 2.05) is 6.07 Å². The highest BCUT2D eigenvalue weighted by molar-refractivity contribution is 7.15. The largest absolute Gasteiger partial charge is 0.484 e. The Hall–Kier alpha value is -1.03. The third-order valence-corrected chi connectivity index (χ3v) is 4.65. The monoisotopic (exact) mass is 310 g/mol. The van der Waals surface area contributed by atoms with E-state index in [0.717, 1.165) is 18.1 Å². The van der Waals surface area contributed by atoms with Crippen LogP contribution in [-0.4, -0.2) is 19.2 Å². The highest BCUT2D eigenvalue weighted by Gasteiger charge is 2.23. The smallest absolute Gasteiger partial charge is 0.348 e. The second-order valence-electron chi connectivity index (χ2n) is 5.78. The number of rotatable bonds is 11. The molecule has 0 bridgehead atoms. The molecule has 1 aromatic rings. The predicted molar refractivity (Wildman–Crippen MR) is 86.2 cm³/mol. The highest BCUT2D eigenvalue weighted by atomic mass is 32.1. The van der Waals surface area contributed by atoms with Crippen molar-refractivity contribution in [2.24, 2.45) is 5.92 Å². The van der Waals surface area contributed by atoms with E-state index in [0.29, 0.717) is 17.4 Å². The molecule has 1 aromatic heterocycles. The lowest BCUT2D eigenvalue weighted by Crippen LogP contribution is -2.05. The molecule has 4 heteroatoms. The third-order valence-electron chi connectivity index (χ3n) is 3.67. The van der Waals surface area contributed by atoms with E-state index in [4.69, 9.17) is 9.47 Å². The topological polar surface area (TPSA) is 35.5 Å². The summed E-state index contributed by atoms with van der Waals surface area (Å²) in [6, 6.07) is 3.67. The molecule has 1 aliphatic rings. The Labute approximate surface area is 131 Å². The Morgan fingerprint density at radius 1 is 1.19 bits per heavy atom. The van der Waals surface area contributed by atoms with Gasteiger partial charge in [-0.1, -0.05) is 50.4 Å². The van der Waals surface area contributed by atoms with Gasteiger partial charge >= 0.3 is 5.97 Å². The summed E-state index contributed by atoms with van der Waals surface area (Å²) in [7, 11) is 0. The molecule has 0 unspecified atom stereocenters. The number of hydrogen-bond donors (Lipinski definition) is 0. The molecule has 0 amide bonds. The summed E-state index contributed by atoms with van der Waals surface area (Å²) < 4.78 is 11.0. The van der Waals surface area contributed by atoms with E-state index in [-0.39, 0.29) is 5.97 Å². The number of ether oxygens (including phenoxy) is 2. The summed E-state index contributed by atoms with van der Waals surface area (Å²) in [4.78, 5) is 12.4. The average molecular weight is 310 g/mol. The van der Waals surface area contributed by atoms with Crippen molar-refractivity contribution in [1.82, 2.24) is 0 Å². The van der Waals surface area contributed by atoms with Crippen molar-refractivity contribution in [3.8, 4) is 5.06 Å². The van der Waals surface area contributed by atoms with E-state index in [1.165, 1.54) is 56.3 Å². The van der Waals surface area contributed by atoms with E-state index < -0.39 is 0 Å². The maximum absolute atomic E-state index is 11.8. The Bertz CT molecular complexity index is 423. The van der Waals surface area contributed by atoms with Gasteiger partial charge in [0.05, 0.1) is 13.2 Å². The van der Waals surface area contributed by atoms with Gasteiger partial charge in [-0.3, -0.25) is 0 Å². The Kier molecular flexibility index (Phi) is 7.07. The van der Waals surface area contributed by atoms with Crippen LogP contribution in [0.25, 0.3) is 0 Å². The first-order chi connectivity index (χ1) is 10.3. The summed E-state index contributed by atoms with van der Waals surface area (Å²) in [5, 5.41) is 0.821. The van der Waals surface area contributed by atoms with Gasteiger partial charge in [0.15, 0.2) is 5.06 Å². The standard InChI is InChI=1S/C17H26O3S/c1-2-3-4-5-6-7-12-19-16-11-10-15(21-16)17(18)20-13-14-8-9-14/h10-11,14H,2-9,12-13H2,1H3. The molecule has 1 saturated carbocycles. The van der Waals surface area contributed by atoms with Crippen LogP contribution >= 0.6 is 11.3 Å². The van der Waals surface area contributed by atoms with Gasteiger partial charge in [-0.05, 0) is 37.3 Å². The van der Waals surface area contributed by atoms with Crippen LogP contribution in [0.1, 0.15) is 68.0 Å². The number of carbonyl (C=O) groups is 1. The molecule has 0 aromatic carbocycles. The second-order valence-corrected chi connectivity index (χ2v) is 6.82. The fourth-order valence-electron chi connectivity index (χ4n) is 2.11. The number of hydrogen-bond acceptors (Lipinski definition) is 4. The zero-order chi connectivity index (χ0) is 14.9. The number of thiophene rings is 1. The first-order valence-electron chi connectivity index (χ1n) is 8.19. The normalized spacial score (nSPS) is 14.1. The lowest BCUT2D eigenvalue weighted by molar-refractivity contribution is 0.0492. The molecule has 0 aliphatic heterocycles. The minimum absolute atomic E-state index is 0.207. The van der Waals surface area contributed by atoms with Gasteiger partial charge in [-0.2, -0.15) is 0 Å². The maximum Gasteiger partial charge on any atom is 0.348 e. The zero-order valence-electron chi connectivity index (χ0n) is 12.9. The molecule has 0 N–H and O–H groups in total. The van der Waals surface area contributed by atoms with Crippen LogP contribution in [0, 0.1) is 5.92 Å². The number of esters is 1. The molecule has 0 atom stereocenters. The molecular formula is C17H26O3S. The summed E-state index contributed by atoms with van der Waals surface area (Å²) in [6.07, 6.45) is 9.94. The first kappa shape index (κ1) is 16.3. The molecule has 0 radical (unpaired) electrons. The molecular weight excluding hydrogens is 284 g/mol. The SMILES string of the molecule is CCCCCCCCOc1ccc(C(=O)OCC2CC2)s1. The Morgan fingerprint density at radius 3 is 2.71 bits per heavy atom. The first-order valence-corrected chi connectivity index (χ1v) is 9.01. The lowest BCUT2D eigenvalue weighted by atomic mass is 10.1. The molecule has 1 fully saturated rings. The van der Waals surface area contributed by atoms with Gasteiger partial charge < -0.3 is 9.47 Å². The molecule has 2 rings (SSSR count). The zero-order valence-corrected chi connectivity index (χ0v) is 13.8. The summed E-state index contributed by atoms with van der Waals surface area (Å²) >= 11 is 1.39. The highest BCUT2D eigenvalue weighted by Crippen LogP contribution is 2.30. The minimum Gasteiger partial charge on any atom is -0.484 e. The van der Waals surface area contributed by atoms with Gasteiger partial charge in [-0.25, -0.2) is 4.79 Å². The second kappa shape index (κ2) is 9.08. The van der Waals surface area contributed by atoms with E-state index in [9.17, 15) is 4.79 Å². The summed E-state index contributed by atoms with van der Waals surface area (Å²) in [5.74, 6) is 0.402. The predicted octanol–water partition coefficient (Wildman–Crippen LogP) is 5.05. The quantitative estimate of drug-likeness (QED) is 0.423. The van der Waals surface area contributed by atoms with Crippen molar-refractivity contribution in [2.45, 2.75) is 58.3 Å². The van der Waals surface area contributed by atoms with Crippen LogP contribution in [0.5, 0.6) is 5.06 Å². The molecule has 0 spiro atoms. The Morgan fingerprint density at radius 2 is 1.95 bits per heavy atom. The fraction of sp³-hybridized carbons (Fsp3) is 0.706. The van der Waals surface area contributed by atoms with Crippen molar-refractivity contribution in [2.75, 3.05) is 13.2 Å². The van der Waals surface area contributed by atoms with Gasteiger partial charge in [0.1, 0.15) is 4.88 Å². The fourth-order valence-corrected chi connectivity index (χ4v) is 2.89. The third kappa shape index (κ3) is 6.51. The van der Waals surface area contributed by atoms with Crippen LogP contribution < -0.4 is 4.74 Å². The van der Waals surface area contributed by atoms with Gasteiger partial charge in [0.2, 0.25) is 0 Å². The van der Waals surface area contributed by atoms with E-state index in [2.05, 4.69) is 6.92 Å². The van der Waals surface area contributed by atoms with Crippen molar-refractivity contribution >= 4 is 17.3 Å². The molecule has 3 nitrogen and oxygen atoms in total. The van der Waals surface area contributed by atoms with Crippen LogP contribution in [0.4, 0.5) is 0 Å². The Balaban J connectivity index is 1.57. The van der Waals surface area contributed by atoms with Gasteiger partial charge in [-0.15, -0.1) is 0 Å². The van der Waals surface area contributed by atoms with E-state index in [1.54, 1.807) is 6.07 Å². The summed E-state index contributed by atoms with van der Waals surface area (Å²) in [6.45, 7) is 3.54. The van der Waals surface area contributed by atoms with Crippen LogP contribution in [0.2, 0.25) is 0 Å². The average Bonchev–Trinajstić information content (AvgIpc) is 3.20. The lowest BCUT2D eigenvalue weighted by Gasteiger charge is -2.03. The van der Waals surface area contributed by atoms with Crippen molar-refractivity contribution in [1.29, 1.82) is 0 Å². The van der Waals surface area contributed by atoms with E-state index >= 15 is 0 Å². The molecule has 21 heavy (non-hydrogen) atoms. The molecule has 118 valence electrons. The van der Waals surface area contributed by atoms with Crippen molar-refractivity contribution in [3.05, 3.63) is 17.0 Å². The van der Waals surface area contributed by atoms with Crippen LogP contribution in [-0.2, 0) is 4.74 Å². The minimum atomic E-state index is -0.207.